The highest BCUT2D eigenvalue weighted by Crippen LogP contribution is 2.32. The highest BCUT2D eigenvalue weighted by Gasteiger charge is 2.13. The number of anilines is 1. The number of benzene rings is 2. The van der Waals surface area contributed by atoms with E-state index < -0.39 is 0 Å². The number of nitrogens with zero attached hydrogens (tertiary/aromatic N) is 1. The van der Waals surface area contributed by atoms with Crippen LogP contribution in [0, 0.1) is 0 Å². The van der Waals surface area contributed by atoms with Crippen LogP contribution in [0.1, 0.15) is 10.4 Å². The van der Waals surface area contributed by atoms with Gasteiger partial charge in [-0.2, -0.15) is 0 Å². The number of thiazole rings is 1. The van der Waals surface area contributed by atoms with E-state index in [2.05, 4.69) is 10.3 Å². The van der Waals surface area contributed by atoms with Crippen LogP contribution >= 0.6 is 22.9 Å². The van der Waals surface area contributed by atoms with Gasteiger partial charge in [0.1, 0.15) is 5.75 Å². The number of ether oxygens (including phenoxy) is 1. The smallest absolute Gasteiger partial charge is 0.258 e. The van der Waals surface area contributed by atoms with Crippen LogP contribution in [0.4, 0.5) is 5.13 Å². The third-order valence-electron chi connectivity index (χ3n) is 3.23. The molecule has 4 nitrogen and oxygen atoms in total. The molecule has 0 aliphatic heterocycles. The zero-order chi connectivity index (χ0) is 16.2. The van der Waals surface area contributed by atoms with Crippen molar-refractivity contribution < 1.29 is 9.53 Å². The first-order valence-corrected chi connectivity index (χ1v) is 8.09. The first-order chi connectivity index (χ1) is 11.2. The van der Waals surface area contributed by atoms with Crippen molar-refractivity contribution in [2.75, 3.05) is 12.4 Å². The highest BCUT2D eigenvalue weighted by molar-refractivity contribution is 7.14. The van der Waals surface area contributed by atoms with Gasteiger partial charge in [-0.3, -0.25) is 10.1 Å². The summed E-state index contributed by atoms with van der Waals surface area (Å²) in [4.78, 5) is 16.7. The topological polar surface area (TPSA) is 51.2 Å². The van der Waals surface area contributed by atoms with E-state index in [1.54, 1.807) is 31.4 Å². The van der Waals surface area contributed by atoms with Crippen molar-refractivity contribution in [3.63, 3.8) is 0 Å². The maximum absolute atomic E-state index is 12.3. The van der Waals surface area contributed by atoms with E-state index >= 15 is 0 Å². The molecule has 0 fully saturated rings. The summed E-state index contributed by atoms with van der Waals surface area (Å²) in [5.41, 5.74) is 2.05. The predicted molar refractivity (Wildman–Crippen MR) is 93.5 cm³/mol. The van der Waals surface area contributed by atoms with Crippen LogP contribution in [0.2, 0.25) is 5.02 Å². The Balaban J connectivity index is 1.83. The fourth-order valence-corrected chi connectivity index (χ4v) is 3.05. The number of methoxy groups -OCH3 is 1. The number of nitrogens with one attached hydrogen (secondary N) is 1. The van der Waals surface area contributed by atoms with E-state index in [1.807, 2.05) is 29.6 Å². The SMILES string of the molecule is COc1ccccc1-c1csc(NC(=O)c2ccccc2Cl)n1. The second kappa shape index (κ2) is 6.81. The average Bonchev–Trinajstić information content (AvgIpc) is 3.03. The van der Waals surface area contributed by atoms with Crippen LogP contribution in [0.25, 0.3) is 11.3 Å². The summed E-state index contributed by atoms with van der Waals surface area (Å²) in [6, 6.07) is 14.5. The molecule has 1 amide bonds. The lowest BCUT2D eigenvalue weighted by Crippen LogP contribution is -2.12. The van der Waals surface area contributed by atoms with Crippen LogP contribution in [0.15, 0.2) is 53.9 Å². The number of carbonyl (C=O) groups excluding carboxylic acids is 1. The van der Waals surface area contributed by atoms with Gasteiger partial charge in [-0.05, 0) is 24.3 Å². The van der Waals surface area contributed by atoms with Crippen molar-refractivity contribution in [1.29, 1.82) is 0 Å². The fraction of sp³-hybridized carbons (Fsp3) is 0.0588. The Morgan fingerprint density at radius 2 is 1.91 bits per heavy atom. The van der Waals surface area contributed by atoms with Crippen LogP contribution < -0.4 is 10.1 Å². The van der Waals surface area contributed by atoms with Crippen LogP contribution in [-0.4, -0.2) is 18.0 Å². The molecule has 0 atom stereocenters. The maximum atomic E-state index is 12.3. The minimum atomic E-state index is -0.281. The number of halogens is 1. The molecule has 2 aromatic carbocycles. The summed E-state index contributed by atoms with van der Waals surface area (Å²) in [7, 11) is 1.62. The molecule has 23 heavy (non-hydrogen) atoms. The van der Waals surface area contributed by atoms with Gasteiger partial charge in [0.05, 0.1) is 23.4 Å². The largest absolute Gasteiger partial charge is 0.496 e. The summed E-state index contributed by atoms with van der Waals surface area (Å²) in [5.74, 6) is 0.457. The van der Waals surface area contributed by atoms with E-state index in [-0.39, 0.29) is 5.91 Å². The van der Waals surface area contributed by atoms with Crippen molar-refractivity contribution >= 4 is 34.0 Å². The molecule has 1 heterocycles. The minimum Gasteiger partial charge on any atom is -0.496 e. The second-order valence-electron chi connectivity index (χ2n) is 4.67. The molecule has 0 bridgehead atoms. The van der Waals surface area contributed by atoms with Gasteiger partial charge in [0.25, 0.3) is 5.91 Å². The zero-order valence-corrected chi connectivity index (χ0v) is 13.8. The number of carbonyl (C=O) groups is 1. The molecule has 0 saturated carbocycles. The first kappa shape index (κ1) is 15.5. The average molecular weight is 345 g/mol. The molecular weight excluding hydrogens is 332 g/mol. The van der Waals surface area contributed by atoms with E-state index in [4.69, 9.17) is 16.3 Å². The molecule has 0 radical (unpaired) electrons. The van der Waals surface area contributed by atoms with Crippen molar-refractivity contribution in [3.05, 3.63) is 64.5 Å². The summed E-state index contributed by atoms with van der Waals surface area (Å²) in [6.45, 7) is 0. The van der Waals surface area contributed by atoms with Crippen molar-refractivity contribution in [2.24, 2.45) is 0 Å². The standard InChI is InChI=1S/C17H13ClN2O2S/c1-22-15-9-5-3-7-12(15)14-10-23-17(19-14)20-16(21)11-6-2-4-8-13(11)18/h2-10H,1H3,(H,19,20,21). The van der Waals surface area contributed by atoms with Crippen molar-refractivity contribution in [2.45, 2.75) is 0 Å². The fourth-order valence-electron chi connectivity index (χ4n) is 2.12. The van der Waals surface area contributed by atoms with Gasteiger partial charge >= 0.3 is 0 Å². The Kier molecular flexibility index (Phi) is 4.60. The monoisotopic (exact) mass is 344 g/mol. The van der Waals surface area contributed by atoms with Crippen LogP contribution in [-0.2, 0) is 0 Å². The number of rotatable bonds is 4. The molecule has 0 aliphatic carbocycles. The Morgan fingerprint density at radius 1 is 1.17 bits per heavy atom. The normalized spacial score (nSPS) is 10.3. The molecule has 0 unspecified atom stereocenters. The molecule has 3 aromatic rings. The lowest BCUT2D eigenvalue weighted by atomic mass is 10.1. The van der Waals surface area contributed by atoms with E-state index in [1.165, 1.54) is 11.3 Å². The second-order valence-corrected chi connectivity index (χ2v) is 5.94. The van der Waals surface area contributed by atoms with Crippen LogP contribution in [0.3, 0.4) is 0 Å². The number of hydrogen-bond donors (Lipinski definition) is 1. The summed E-state index contributed by atoms with van der Waals surface area (Å²) >= 11 is 7.38. The number of para-hydroxylation sites is 1. The highest BCUT2D eigenvalue weighted by atomic mass is 35.5. The number of amides is 1. The quantitative estimate of drug-likeness (QED) is 0.744. The predicted octanol–water partition coefficient (Wildman–Crippen LogP) is 4.72. The van der Waals surface area contributed by atoms with Crippen molar-refractivity contribution in [3.8, 4) is 17.0 Å². The Labute approximate surface area is 142 Å². The van der Waals surface area contributed by atoms with Crippen LogP contribution in [0.5, 0.6) is 5.75 Å². The summed E-state index contributed by atoms with van der Waals surface area (Å²) in [6.07, 6.45) is 0. The Bertz CT molecular complexity index is 848. The van der Waals surface area contributed by atoms with Gasteiger partial charge in [-0.25, -0.2) is 4.98 Å². The van der Waals surface area contributed by atoms with Gasteiger partial charge in [0.2, 0.25) is 0 Å². The zero-order valence-electron chi connectivity index (χ0n) is 12.2. The molecule has 0 aliphatic rings. The van der Waals surface area contributed by atoms with Gasteiger partial charge in [0, 0.05) is 10.9 Å². The lowest BCUT2D eigenvalue weighted by Gasteiger charge is -2.05. The number of hydrogen-bond acceptors (Lipinski definition) is 4. The summed E-state index contributed by atoms with van der Waals surface area (Å²) < 4.78 is 5.33. The van der Waals surface area contributed by atoms with Gasteiger partial charge < -0.3 is 4.74 Å². The third kappa shape index (κ3) is 3.36. The Hall–Kier alpha value is -2.37. The van der Waals surface area contributed by atoms with E-state index in [0.717, 1.165) is 17.0 Å². The molecule has 0 spiro atoms. The Morgan fingerprint density at radius 3 is 2.70 bits per heavy atom. The van der Waals surface area contributed by atoms with E-state index in [0.29, 0.717) is 15.7 Å². The molecule has 0 saturated heterocycles. The molecular formula is C17H13ClN2O2S. The summed E-state index contributed by atoms with van der Waals surface area (Å²) in [5, 5.41) is 5.56. The minimum absolute atomic E-state index is 0.281. The lowest BCUT2D eigenvalue weighted by molar-refractivity contribution is 0.102. The maximum Gasteiger partial charge on any atom is 0.258 e. The molecule has 1 aromatic heterocycles. The van der Waals surface area contributed by atoms with E-state index in [9.17, 15) is 4.79 Å². The van der Waals surface area contributed by atoms with Gasteiger partial charge in [-0.1, -0.05) is 35.9 Å². The molecule has 1 N–H and O–H groups in total. The third-order valence-corrected chi connectivity index (χ3v) is 4.31. The first-order valence-electron chi connectivity index (χ1n) is 6.84. The van der Waals surface area contributed by atoms with Gasteiger partial charge in [0.15, 0.2) is 5.13 Å². The van der Waals surface area contributed by atoms with Gasteiger partial charge in [-0.15, -0.1) is 11.3 Å². The number of aromatic nitrogens is 1. The molecule has 3 rings (SSSR count). The molecule has 116 valence electrons. The van der Waals surface area contributed by atoms with Crippen molar-refractivity contribution in [1.82, 2.24) is 4.98 Å². The molecule has 6 heteroatoms.